The van der Waals surface area contributed by atoms with Gasteiger partial charge in [-0.05, 0) is 92.4 Å². The van der Waals surface area contributed by atoms with Crippen molar-refractivity contribution >= 4 is 141 Å². The molecule has 121 heavy (non-hydrogen) atoms. The van der Waals surface area contributed by atoms with Crippen LogP contribution in [0.25, 0.3) is 43.6 Å². The van der Waals surface area contributed by atoms with Crippen molar-refractivity contribution in [2.45, 2.75) is 60.0 Å². The summed E-state index contributed by atoms with van der Waals surface area (Å²) >= 11 is 0. The molecule has 0 radical (unpaired) electrons. The summed E-state index contributed by atoms with van der Waals surface area (Å²) in [5, 5.41) is 37.7. The number of nitrogens with one attached hydrogen (secondary N) is 1. The normalized spacial score (nSPS) is 11.2. The maximum atomic E-state index is 12.8. The SMILES string of the molecule is Cc1c(C(=O)C(N)=O)c2c(OC(C(=O)O)c3ccccc3)cccc2n1Cc1ccccc1.Cc1c(C(=O)C(N)=O)c2c(OCC(=O)O)cc(N)cc2n1Cc1ccccc1.Cc1c(C(=O)C(N)=O)c2c(OCC(=O)O)ccc(N)c2n1Cc1ccccc1.Cc1c(C(=O)C(N)=O)c2c(OCC(=O)O)ccc(NS(C)(=O)=O)c2n1Cc1ccccc1. The molecule has 17 N–H and O–H groups in total. The molecule has 0 aliphatic rings. The van der Waals surface area contributed by atoms with Gasteiger partial charge in [-0.3, -0.25) is 43.1 Å². The number of primary amides is 4. The molecule has 0 aliphatic heterocycles. The summed E-state index contributed by atoms with van der Waals surface area (Å²) in [6.45, 7) is 6.24. The van der Waals surface area contributed by atoms with Crippen molar-refractivity contribution in [3.63, 3.8) is 0 Å². The van der Waals surface area contributed by atoms with E-state index in [0.29, 0.717) is 86.7 Å². The number of hydrogen-bond donors (Lipinski definition) is 11. The number of fused-ring (bicyclic) bond motifs is 4. The van der Waals surface area contributed by atoms with Crippen molar-refractivity contribution in [1.29, 1.82) is 0 Å². The van der Waals surface area contributed by atoms with Crippen molar-refractivity contribution in [3.05, 3.63) is 279 Å². The Morgan fingerprint density at radius 3 is 1.11 bits per heavy atom. The number of aliphatic carboxylic acids is 4. The van der Waals surface area contributed by atoms with E-state index < -0.39 is 107 Å². The van der Waals surface area contributed by atoms with Gasteiger partial charge in [-0.1, -0.05) is 158 Å². The van der Waals surface area contributed by atoms with Crippen LogP contribution in [0.1, 0.15) is 98.1 Å². The molecule has 4 amide bonds. The van der Waals surface area contributed by atoms with Crippen LogP contribution in [0.5, 0.6) is 23.0 Å². The number of anilines is 3. The molecule has 0 saturated heterocycles. The average Bonchev–Trinajstić information content (AvgIpc) is 1.61. The lowest BCUT2D eigenvalue weighted by Crippen LogP contribution is -2.24. The summed E-state index contributed by atoms with van der Waals surface area (Å²) in [5.41, 5.74) is 42.2. The minimum Gasteiger partial charge on any atom is -0.481 e. The Bertz CT molecular complexity index is 6380. The Labute approximate surface area is 688 Å². The number of Topliss-reactive ketones (excluding diaryl/α,β-unsaturated/α-hetero) is 4. The fraction of sp³-hybridized carbons (Fsp3) is 0.149. The van der Waals surface area contributed by atoms with Gasteiger partial charge in [0.15, 0.2) is 19.8 Å². The molecule has 13 aromatic rings. The van der Waals surface area contributed by atoms with Gasteiger partial charge in [0, 0.05) is 66.3 Å². The van der Waals surface area contributed by atoms with E-state index in [2.05, 4.69) is 4.72 Å². The first-order valence-corrected chi connectivity index (χ1v) is 38.5. The lowest BCUT2D eigenvalue weighted by Gasteiger charge is -2.17. The van der Waals surface area contributed by atoms with E-state index in [-0.39, 0.29) is 73.8 Å². The zero-order valence-electron chi connectivity index (χ0n) is 65.5. The molecule has 622 valence electrons. The second kappa shape index (κ2) is 37.8. The first-order chi connectivity index (χ1) is 57.5. The highest BCUT2D eigenvalue weighted by atomic mass is 32.2. The number of carbonyl (C=O) groups is 12. The highest BCUT2D eigenvalue weighted by Gasteiger charge is 2.34. The van der Waals surface area contributed by atoms with Gasteiger partial charge >= 0.3 is 23.9 Å². The molecule has 34 heteroatoms. The second-order valence-electron chi connectivity index (χ2n) is 27.3. The van der Waals surface area contributed by atoms with Crippen molar-refractivity contribution < 1.29 is 105 Å². The fourth-order valence-corrected chi connectivity index (χ4v) is 14.5. The molecule has 0 bridgehead atoms. The summed E-state index contributed by atoms with van der Waals surface area (Å²) in [5.74, 6) is -12.5. The molecule has 0 fully saturated rings. The Hall–Kier alpha value is -15.9. The van der Waals surface area contributed by atoms with Gasteiger partial charge in [-0.2, -0.15) is 0 Å². The summed E-state index contributed by atoms with van der Waals surface area (Å²) in [4.78, 5) is 142. The highest BCUT2D eigenvalue weighted by Crippen LogP contribution is 2.43. The molecular weight excluding hydrogens is 1580 g/mol. The van der Waals surface area contributed by atoms with Crippen LogP contribution in [0.3, 0.4) is 0 Å². The highest BCUT2D eigenvalue weighted by molar-refractivity contribution is 7.92. The largest absolute Gasteiger partial charge is 0.481 e. The Morgan fingerprint density at radius 2 is 0.719 bits per heavy atom. The number of amides is 4. The van der Waals surface area contributed by atoms with Crippen LogP contribution >= 0.6 is 0 Å². The summed E-state index contributed by atoms with van der Waals surface area (Å²) in [7, 11) is -3.71. The summed E-state index contributed by atoms with van der Waals surface area (Å²) in [6, 6.07) is 60.3. The van der Waals surface area contributed by atoms with E-state index >= 15 is 0 Å². The predicted octanol–water partition coefficient (Wildman–Crippen LogP) is 8.79. The van der Waals surface area contributed by atoms with Crippen LogP contribution in [-0.4, -0.2) is 144 Å². The number of hydrogen-bond acceptors (Lipinski definition) is 20. The van der Waals surface area contributed by atoms with Gasteiger partial charge in [0.25, 0.3) is 46.8 Å². The molecule has 4 aromatic heterocycles. The first-order valence-electron chi connectivity index (χ1n) is 36.6. The molecule has 9 aromatic carbocycles. The molecular formula is C87H81N11O22S. The van der Waals surface area contributed by atoms with E-state index in [0.717, 1.165) is 28.5 Å². The number of sulfonamides is 1. The summed E-state index contributed by atoms with van der Waals surface area (Å²) in [6.07, 6.45) is -0.327. The smallest absolute Gasteiger partial charge is 0.349 e. The molecule has 1 atom stereocenters. The van der Waals surface area contributed by atoms with E-state index in [4.69, 9.17) is 68.7 Å². The molecule has 0 saturated carbocycles. The maximum Gasteiger partial charge on any atom is 0.349 e. The second-order valence-corrected chi connectivity index (χ2v) is 29.1. The molecule has 0 aliphatic carbocycles. The topological polar surface area (TPSA) is 545 Å². The number of ether oxygens (including phenoxy) is 4. The van der Waals surface area contributed by atoms with Gasteiger partial charge in [0.1, 0.15) is 23.0 Å². The van der Waals surface area contributed by atoms with Crippen LogP contribution in [-0.2, 0) is 74.6 Å². The fourth-order valence-electron chi connectivity index (χ4n) is 13.9. The number of benzene rings is 9. The molecule has 13 rings (SSSR count). The number of carboxylic acid groups (broad SMARTS) is 4. The number of carboxylic acids is 4. The standard InChI is InChI=1S/C26H22N2O5.C21H21N3O7S.2C20H19N3O5/c1-16-21(23(29)25(27)30)22-19(28(16)15-17-9-4-2-5-10-17)13-8-14-20(22)33-24(26(31)32)18-11-6-3-7-12-18;1-12-17(20(27)21(22)28)18-15(31-11-16(25)26)9-8-14(23-32(2,29)30)19(18)24(12)10-13-6-4-3-5-7-13;1-11-17(19(26)20(22)27)18-14(23(11)9-12-5-3-2-4-6-12)7-13(21)8-15(18)28-10-16(24)25;1-11-16(19(26)20(22)27)17-14(28-10-15(24)25)8-7-13(21)18(17)23(11)9-12-5-3-2-4-6-12/h2-14,24H,15H2,1H3,(H2,27,30)(H,31,32);3-9,23H,10-11H2,1-2H3,(H2,22,28)(H,25,26);2*2-8H,9-10,21H2,1H3,(H2,22,27)(H,24,25). The Morgan fingerprint density at radius 1 is 0.380 bits per heavy atom. The number of nitrogens with two attached hydrogens (primary N) is 6. The van der Waals surface area contributed by atoms with Crippen LogP contribution < -0.4 is 58.1 Å². The van der Waals surface area contributed by atoms with Gasteiger partial charge < -0.3 is 92.0 Å². The third kappa shape index (κ3) is 20.2. The number of carbonyl (C=O) groups excluding carboxylic acids is 8. The molecule has 1 unspecified atom stereocenters. The first kappa shape index (κ1) is 87.5. The van der Waals surface area contributed by atoms with Crippen molar-refractivity contribution in [2.24, 2.45) is 22.9 Å². The van der Waals surface area contributed by atoms with Gasteiger partial charge in [0.05, 0.1) is 83.5 Å². The van der Waals surface area contributed by atoms with Crippen molar-refractivity contribution in [2.75, 3.05) is 42.3 Å². The molecule has 4 heterocycles. The lowest BCUT2D eigenvalue weighted by atomic mass is 10.0. The Balaban J connectivity index is 0.000000170. The van der Waals surface area contributed by atoms with E-state index in [1.807, 2.05) is 130 Å². The van der Waals surface area contributed by atoms with Gasteiger partial charge in [0.2, 0.25) is 16.1 Å². The number of nitrogens with zero attached hydrogens (tertiary/aromatic N) is 4. The monoisotopic (exact) mass is 1660 g/mol. The van der Waals surface area contributed by atoms with Crippen LogP contribution in [0.4, 0.5) is 17.1 Å². The van der Waals surface area contributed by atoms with Crippen LogP contribution in [0.2, 0.25) is 0 Å². The zero-order valence-corrected chi connectivity index (χ0v) is 66.3. The minimum absolute atomic E-state index is 0.000891. The van der Waals surface area contributed by atoms with Crippen molar-refractivity contribution in [3.8, 4) is 23.0 Å². The molecule has 0 spiro atoms. The zero-order chi connectivity index (χ0) is 88.0. The van der Waals surface area contributed by atoms with Crippen molar-refractivity contribution in [1.82, 2.24) is 18.3 Å². The van der Waals surface area contributed by atoms with Crippen LogP contribution in [0.15, 0.2) is 206 Å². The third-order valence-electron chi connectivity index (χ3n) is 19.1. The number of nitrogen functional groups attached to an aromatic ring is 2. The van der Waals surface area contributed by atoms with Gasteiger partial charge in [-0.25, -0.2) is 27.6 Å². The Kier molecular flexibility index (Phi) is 27.4. The third-order valence-corrected chi connectivity index (χ3v) is 19.7. The van der Waals surface area contributed by atoms with Gasteiger partial charge in [-0.15, -0.1) is 0 Å². The van der Waals surface area contributed by atoms with E-state index in [1.54, 1.807) is 97.5 Å². The predicted molar refractivity (Wildman–Crippen MR) is 447 cm³/mol. The molecule has 33 nitrogen and oxygen atoms in total. The number of aromatic nitrogens is 4. The van der Waals surface area contributed by atoms with Crippen LogP contribution in [0, 0.1) is 27.7 Å². The van der Waals surface area contributed by atoms with E-state index in [9.17, 15) is 71.1 Å². The number of ketones is 4. The average molecular weight is 1660 g/mol. The summed E-state index contributed by atoms with van der Waals surface area (Å²) < 4.78 is 55.5. The minimum atomic E-state index is -3.71. The quantitative estimate of drug-likeness (QED) is 0.0110. The maximum absolute atomic E-state index is 12.8. The lowest BCUT2D eigenvalue weighted by molar-refractivity contribution is -0.145. The van der Waals surface area contributed by atoms with E-state index in [1.165, 1.54) is 24.3 Å². The number of rotatable bonds is 31.